The summed E-state index contributed by atoms with van der Waals surface area (Å²) in [6, 6.07) is 0. The van der Waals surface area contributed by atoms with E-state index in [0.29, 0.717) is 5.41 Å². The Kier molecular flexibility index (Phi) is 1.60. The maximum atomic E-state index is 4.82. The van der Waals surface area contributed by atoms with Gasteiger partial charge in [0.25, 0.3) is 0 Å². The van der Waals surface area contributed by atoms with Crippen LogP contribution in [0.25, 0.3) is 0 Å². The van der Waals surface area contributed by atoms with Crippen molar-refractivity contribution in [1.29, 1.82) is 0 Å². The SMILES string of the molecule is CON=C1CCNCC12CC2. The fourth-order valence-corrected chi connectivity index (χ4v) is 1.77. The van der Waals surface area contributed by atoms with Crippen molar-refractivity contribution in [3.8, 4) is 0 Å². The summed E-state index contributed by atoms with van der Waals surface area (Å²) in [6.07, 6.45) is 3.65. The molecule has 0 radical (unpaired) electrons. The van der Waals surface area contributed by atoms with Crippen LogP contribution in [0.2, 0.25) is 0 Å². The van der Waals surface area contributed by atoms with Gasteiger partial charge in [0.2, 0.25) is 0 Å². The highest BCUT2D eigenvalue weighted by molar-refractivity contribution is 5.93. The minimum absolute atomic E-state index is 0.411. The van der Waals surface area contributed by atoms with E-state index >= 15 is 0 Å². The van der Waals surface area contributed by atoms with Crippen molar-refractivity contribution >= 4 is 5.71 Å². The first kappa shape index (κ1) is 7.10. The zero-order chi connectivity index (χ0) is 7.73. The smallest absolute Gasteiger partial charge is 0.106 e. The molecule has 2 aliphatic rings. The van der Waals surface area contributed by atoms with Crippen LogP contribution in [-0.4, -0.2) is 25.9 Å². The third kappa shape index (κ3) is 1.13. The average Bonchev–Trinajstić information content (AvgIpc) is 2.77. The standard InChI is InChI=1S/C8H14N2O/c1-11-10-7-2-5-9-6-8(7)3-4-8/h9H,2-6H2,1H3. The quantitative estimate of drug-likeness (QED) is 0.566. The van der Waals surface area contributed by atoms with E-state index in [-0.39, 0.29) is 0 Å². The molecule has 3 heteroatoms. The minimum atomic E-state index is 0.411. The molecule has 0 unspecified atom stereocenters. The fraction of sp³-hybridized carbons (Fsp3) is 0.875. The molecule has 1 saturated carbocycles. The summed E-state index contributed by atoms with van der Waals surface area (Å²) < 4.78 is 0. The molecule has 1 N–H and O–H groups in total. The van der Waals surface area contributed by atoms with E-state index in [1.165, 1.54) is 18.6 Å². The summed E-state index contributed by atoms with van der Waals surface area (Å²) in [5.41, 5.74) is 1.69. The van der Waals surface area contributed by atoms with Crippen molar-refractivity contribution < 1.29 is 4.84 Å². The van der Waals surface area contributed by atoms with Gasteiger partial charge in [0.05, 0.1) is 5.71 Å². The molecule has 0 aromatic rings. The van der Waals surface area contributed by atoms with Crippen LogP contribution in [0.4, 0.5) is 0 Å². The summed E-state index contributed by atoms with van der Waals surface area (Å²) in [6.45, 7) is 2.17. The first-order valence-corrected chi connectivity index (χ1v) is 4.19. The lowest BCUT2D eigenvalue weighted by Crippen LogP contribution is -2.38. The number of nitrogens with one attached hydrogen (secondary N) is 1. The second-order valence-electron chi connectivity index (χ2n) is 3.43. The molecule has 0 bridgehead atoms. The van der Waals surface area contributed by atoms with Crippen LogP contribution in [0.1, 0.15) is 19.3 Å². The van der Waals surface area contributed by atoms with Crippen molar-refractivity contribution in [2.24, 2.45) is 10.6 Å². The van der Waals surface area contributed by atoms with E-state index in [1.807, 2.05) is 0 Å². The monoisotopic (exact) mass is 154 g/mol. The van der Waals surface area contributed by atoms with Gasteiger partial charge in [-0.05, 0) is 12.8 Å². The first-order chi connectivity index (χ1) is 5.37. The molecule has 1 aliphatic carbocycles. The Labute approximate surface area is 66.8 Å². The third-order valence-electron chi connectivity index (χ3n) is 2.67. The number of hydrogen-bond acceptors (Lipinski definition) is 3. The molecular formula is C8H14N2O. The van der Waals surface area contributed by atoms with E-state index in [4.69, 9.17) is 4.84 Å². The Hall–Kier alpha value is -0.570. The van der Waals surface area contributed by atoms with E-state index in [9.17, 15) is 0 Å². The van der Waals surface area contributed by atoms with Crippen LogP contribution < -0.4 is 5.32 Å². The van der Waals surface area contributed by atoms with Crippen LogP contribution in [0.5, 0.6) is 0 Å². The van der Waals surface area contributed by atoms with Gasteiger partial charge >= 0.3 is 0 Å². The van der Waals surface area contributed by atoms with E-state index in [2.05, 4.69) is 10.5 Å². The molecule has 0 aromatic heterocycles. The predicted octanol–water partition coefficient (Wildman–Crippen LogP) is 0.762. The van der Waals surface area contributed by atoms with Crippen molar-refractivity contribution in [1.82, 2.24) is 5.32 Å². The van der Waals surface area contributed by atoms with Gasteiger partial charge in [0.15, 0.2) is 0 Å². The second kappa shape index (κ2) is 2.48. The maximum Gasteiger partial charge on any atom is 0.106 e. The van der Waals surface area contributed by atoms with Crippen molar-refractivity contribution in [3.05, 3.63) is 0 Å². The van der Waals surface area contributed by atoms with Crippen LogP contribution in [0, 0.1) is 5.41 Å². The second-order valence-corrected chi connectivity index (χ2v) is 3.43. The Morgan fingerprint density at radius 1 is 1.55 bits per heavy atom. The fourth-order valence-electron chi connectivity index (χ4n) is 1.77. The highest BCUT2D eigenvalue weighted by Crippen LogP contribution is 2.48. The zero-order valence-corrected chi connectivity index (χ0v) is 6.89. The Morgan fingerprint density at radius 3 is 3.00 bits per heavy atom. The largest absolute Gasteiger partial charge is 0.399 e. The van der Waals surface area contributed by atoms with Gasteiger partial charge in [-0.2, -0.15) is 0 Å². The van der Waals surface area contributed by atoms with Gasteiger partial charge in [-0.1, -0.05) is 5.16 Å². The predicted molar refractivity (Wildman–Crippen MR) is 43.6 cm³/mol. The summed E-state index contributed by atoms with van der Waals surface area (Å²) in [7, 11) is 1.63. The molecule has 62 valence electrons. The molecule has 0 amide bonds. The molecule has 1 saturated heterocycles. The van der Waals surface area contributed by atoms with Crippen LogP contribution >= 0.6 is 0 Å². The van der Waals surface area contributed by atoms with Gasteiger partial charge in [0.1, 0.15) is 7.11 Å². The number of nitrogens with zero attached hydrogens (tertiary/aromatic N) is 1. The summed E-state index contributed by atoms with van der Waals surface area (Å²) in [4.78, 5) is 4.82. The van der Waals surface area contributed by atoms with E-state index in [0.717, 1.165) is 19.5 Å². The Balaban J connectivity index is 2.10. The van der Waals surface area contributed by atoms with Gasteiger partial charge in [-0.3, -0.25) is 0 Å². The summed E-state index contributed by atoms with van der Waals surface area (Å²) in [5.74, 6) is 0. The molecule has 1 heterocycles. The van der Waals surface area contributed by atoms with Crippen LogP contribution in [-0.2, 0) is 4.84 Å². The maximum absolute atomic E-state index is 4.82. The molecule has 0 aromatic carbocycles. The van der Waals surface area contributed by atoms with Gasteiger partial charge < -0.3 is 10.2 Å². The highest BCUT2D eigenvalue weighted by atomic mass is 16.6. The Bertz CT molecular complexity index is 185. The molecule has 11 heavy (non-hydrogen) atoms. The van der Waals surface area contributed by atoms with Crippen molar-refractivity contribution in [2.75, 3.05) is 20.2 Å². The molecule has 0 atom stereocenters. The molecule has 1 aliphatic heterocycles. The van der Waals surface area contributed by atoms with E-state index < -0.39 is 0 Å². The zero-order valence-electron chi connectivity index (χ0n) is 6.89. The van der Waals surface area contributed by atoms with Crippen molar-refractivity contribution in [2.45, 2.75) is 19.3 Å². The topological polar surface area (TPSA) is 33.6 Å². The number of rotatable bonds is 1. The lowest BCUT2D eigenvalue weighted by molar-refractivity contribution is 0.208. The van der Waals surface area contributed by atoms with Gasteiger partial charge in [-0.15, -0.1) is 0 Å². The first-order valence-electron chi connectivity index (χ1n) is 4.19. The molecular weight excluding hydrogens is 140 g/mol. The highest BCUT2D eigenvalue weighted by Gasteiger charge is 2.48. The lowest BCUT2D eigenvalue weighted by atomic mass is 9.94. The lowest BCUT2D eigenvalue weighted by Gasteiger charge is -2.23. The van der Waals surface area contributed by atoms with Crippen LogP contribution in [0.15, 0.2) is 5.16 Å². The molecule has 2 fully saturated rings. The number of oxime groups is 1. The molecule has 3 nitrogen and oxygen atoms in total. The van der Waals surface area contributed by atoms with Gasteiger partial charge in [-0.25, -0.2) is 0 Å². The van der Waals surface area contributed by atoms with Crippen LogP contribution in [0.3, 0.4) is 0 Å². The van der Waals surface area contributed by atoms with E-state index in [1.54, 1.807) is 7.11 Å². The Morgan fingerprint density at radius 2 is 2.36 bits per heavy atom. The minimum Gasteiger partial charge on any atom is -0.399 e. The van der Waals surface area contributed by atoms with Gasteiger partial charge in [0, 0.05) is 24.9 Å². The number of piperidine rings is 1. The third-order valence-corrected chi connectivity index (χ3v) is 2.67. The summed E-state index contributed by atoms with van der Waals surface area (Å²) >= 11 is 0. The average molecular weight is 154 g/mol. The number of hydrogen-bond donors (Lipinski definition) is 1. The molecule has 1 spiro atoms. The normalized spacial score (nSPS) is 30.8. The summed E-state index contributed by atoms with van der Waals surface area (Å²) in [5, 5.41) is 7.47. The molecule has 2 rings (SSSR count). The van der Waals surface area contributed by atoms with Crippen molar-refractivity contribution in [3.63, 3.8) is 0 Å².